The fourth-order valence-electron chi connectivity index (χ4n) is 4.53. The number of carbonyl (C=O) groups is 2. The normalized spacial score (nSPS) is 17.4. The predicted molar refractivity (Wildman–Crippen MR) is 113 cm³/mol. The summed E-state index contributed by atoms with van der Waals surface area (Å²) in [6.07, 6.45) is 5.26. The number of rotatable bonds is 5. The van der Waals surface area contributed by atoms with Crippen LogP contribution in [-0.4, -0.2) is 57.5 Å². The Hall–Kier alpha value is -3.03. The molecule has 2 fully saturated rings. The molecule has 31 heavy (non-hydrogen) atoms. The van der Waals surface area contributed by atoms with Crippen molar-refractivity contribution in [2.45, 2.75) is 51.5 Å². The number of H-pyrrole nitrogens is 1. The van der Waals surface area contributed by atoms with E-state index in [1.54, 1.807) is 12.1 Å². The van der Waals surface area contributed by atoms with Crippen LogP contribution in [0.2, 0.25) is 0 Å². The Kier molecular flexibility index (Phi) is 6.15. The van der Waals surface area contributed by atoms with E-state index in [1.165, 1.54) is 17.0 Å². The first kappa shape index (κ1) is 21.2. The lowest BCUT2D eigenvalue weighted by Gasteiger charge is -2.37. The van der Waals surface area contributed by atoms with Crippen LogP contribution in [0.5, 0.6) is 0 Å². The molecule has 1 aliphatic heterocycles. The molecule has 4 rings (SSSR count). The highest BCUT2D eigenvalue weighted by atomic mass is 19.1. The summed E-state index contributed by atoms with van der Waals surface area (Å²) >= 11 is 0. The second kappa shape index (κ2) is 8.99. The summed E-state index contributed by atoms with van der Waals surface area (Å²) in [7, 11) is 0. The maximum absolute atomic E-state index is 14.5. The van der Waals surface area contributed by atoms with Crippen molar-refractivity contribution in [3.05, 3.63) is 62.8 Å². The molecule has 1 aliphatic carbocycles. The predicted octanol–water partition coefficient (Wildman–Crippen LogP) is 2.29. The molecule has 7 nitrogen and oxygen atoms in total. The second-order valence-electron chi connectivity index (χ2n) is 8.31. The van der Waals surface area contributed by atoms with Gasteiger partial charge in [0.15, 0.2) is 0 Å². The van der Waals surface area contributed by atoms with E-state index in [2.05, 4.69) is 10.2 Å². The number of carbonyl (C=O) groups excluding carboxylic acids is 2. The van der Waals surface area contributed by atoms with E-state index in [4.69, 9.17) is 0 Å². The van der Waals surface area contributed by atoms with E-state index >= 15 is 0 Å². The number of hydrogen-bond donors (Lipinski definition) is 1. The smallest absolute Gasteiger partial charge is 0.267 e. The molecule has 1 aromatic carbocycles. The number of benzene rings is 1. The molecule has 1 saturated carbocycles. The first-order valence-corrected chi connectivity index (χ1v) is 10.9. The second-order valence-corrected chi connectivity index (χ2v) is 8.31. The minimum atomic E-state index is -0.608. The minimum Gasteiger partial charge on any atom is -0.336 e. The zero-order chi connectivity index (χ0) is 22.0. The molecule has 1 aromatic heterocycles. The average Bonchev–Trinajstić information content (AvgIpc) is 3.30. The van der Waals surface area contributed by atoms with Crippen LogP contribution in [0.4, 0.5) is 4.39 Å². The zero-order valence-corrected chi connectivity index (χ0v) is 17.7. The third-order valence-corrected chi connectivity index (χ3v) is 6.27. The largest absolute Gasteiger partial charge is 0.336 e. The molecule has 2 heterocycles. The number of nitrogens with one attached hydrogen (secondary N) is 1. The van der Waals surface area contributed by atoms with E-state index < -0.39 is 11.7 Å². The van der Waals surface area contributed by atoms with Gasteiger partial charge >= 0.3 is 0 Å². The molecule has 2 amide bonds. The highest BCUT2D eigenvalue weighted by molar-refractivity contribution is 5.97. The van der Waals surface area contributed by atoms with Gasteiger partial charge in [0, 0.05) is 31.1 Å². The van der Waals surface area contributed by atoms with Gasteiger partial charge in [0.2, 0.25) is 5.91 Å². The fourth-order valence-corrected chi connectivity index (χ4v) is 4.53. The summed E-state index contributed by atoms with van der Waals surface area (Å²) in [6, 6.07) is 6.40. The molecule has 2 aliphatic rings. The van der Waals surface area contributed by atoms with Crippen molar-refractivity contribution < 1.29 is 14.0 Å². The molecule has 1 N–H and O–H groups in total. The van der Waals surface area contributed by atoms with E-state index in [0.29, 0.717) is 42.8 Å². The molecular formula is C23H27FN4O3. The number of halogens is 1. The topological polar surface area (TPSA) is 86.4 Å². The monoisotopic (exact) mass is 426 g/mol. The van der Waals surface area contributed by atoms with Gasteiger partial charge in [0.1, 0.15) is 12.4 Å². The van der Waals surface area contributed by atoms with Gasteiger partial charge in [-0.15, -0.1) is 0 Å². The summed E-state index contributed by atoms with van der Waals surface area (Å²) in [6.45, 7) is 2.78. The van der Waals surface area contributed by atoms with Gasteiger partial charge < -0.3 is 9.80 Å². The Morgan fingerprint density at radius 1 is 1.19 bits per heavy atom. The Bertz CT molecular complexity index is 1050. The molecular weight excluding hydrogens is 399 g/mol. The summed E-state index contributed by atoms with van der Waals surface area (Å²) in [4.78, 5) is 40.6. The number of hydrogen-bond acceptors (Lipinski definition) is 4. The maximum atomic E-state index is 14.5. The molecule has 8 heteroatoms. The fraction of sp³-hybridized carbons (Fsp3) is 0.478. The molecule has 0 unspecified atom stereocenters. The first-order valence-electron chi connectivity index (χ1n) is 10.9. The number of aromatic nitrogens is 2. The molecule has 0 radical (unpaired) electrons. The summed E-state index contributed by atoms with van der Waals surface area (Å²) in [5.74, 6) is -1.14. The molecule has 1 saturated heterocycles. The van der Waals surface area contributed by atoms with Crippen molar-refractivity contribution in [2.24, 2.45) is 0 Å². The SMILES string of the molecule is CCc1cc(Cc2ccc(F)c(C(=O)N3CCN(C4CCCC4)C(=O)C3)c2)n[nH]c1=O. The van der Waals surface area contributed by atoms with Crippen LogP contribution in [0.3, 0.4) is 0 Å². The van der Waals surface area contributed by atoms with Crippen LogP contribution in [0.25, 0.3) is 0 Å². The van der Waals surface area contributed by atoms with Crippen LogP contribution in [0.1, 0.15) is 59.8 Å². The van der Waals surface area contributed by atoms with Crippen molar-refractivity contribution in [3.63, 3.8) is 0 Å². The Morgan fingerprint density at radius 2 is 1.97 bits per heavy atom. The number of nitrogens with zero attached hydrogens (tertiary/aromatic N) is 3. The Labute approximate surface area is 180 Å². The number of aryl methyl sites for hydroxylation is 1. The van der Waals surface area contributed by atoms with E-state index in [9.17, 15) is 18.8 Å². The standard InChI is InChI=1S/C23H27FN4O3/c1-2-16-13-17(25-26-22(16)30)11-15-7-8-20(24)19(12-15)23(31)27-9-10-28(21(29)14-27)18-5-3-4-6-18/h7-8,12-13,18H,2-6,9-11,14H2,1H3,(H,26,30). The van der Waals surface area contributed by atoms with Crippen LogP contribution in [0, 0.1) is 5.82 Å². The van der Waals surface area contributed by atoms with Gasteiger partial charge in [-0.05, 0) is 43.0 Å². The minimum absolute atomic E-state index is 0.0136. The van der Waals surface area contributed by atoms with Crippen LogP contribution < -0.4 is 5.56 Å². The highest BCUT2D eigenvalue weighted by Gasteiger charge is 2.33. The number of aromatic amines is 1. The van der Waals surface area contributed by atoms with E-state index in [1.807, 2.05) is 11.8 Å². The quantitative estimate of drug-likeness (QED) is 0.795. The van der Waals surface area contributed by atoms with Crippen molar-refractivity contribution in [2.75, 3.05) is 19.6 Å². The van der Waals surface area contributed by atoms with Gasteiger partial charge in [0.05, 0.1) is 11.3 Å². The summed E-state index contributed by atoms with van der Waals surface area (Å²) in [5.41, 5.74) is 1.72. The lowest BCUT2D eigenvalue weighted by atomic mass is 10.0. The van der Waals surface area contributed by atoms with Gasteiger partial charge in [0.25, 0.3) is 11.5 Å². The van der Waals surface area contributed by atoms with Gasteiger partial charge in [-0.1, -0.05) is 25.8 Å². The lowest BCUT2D eigenvalue weighted by molar-refractivity contribution is -0.137. The number of amides is 2. The van der Waals surface area contributed by atoms with Gasteiger partial charge in [-0.3, -0.25) is 14.4 Å². The van der Waals surface area contributed by atoms with Gasteiger partial charge in [-0.25, -0.2) is 9.49 Å². The van der Waals surface area contributed by atoms with Gasteiger partial charge in [-0.2, -0.15) is 5.10 Å². The third kappa shape index (κ3) is 4.52. The highest BCUT2D eigenvalue weighted by Crippen LogP contribution is 2.25. The van der Waals surface area contributed by atoms with Crippen LogP contribution in [-0.2, 0) is 17.6 Å². The summed E-state index contributed by atoms with van der Waals surface area (Å²) in [5, 5.41) is 6.52. The van der Waals surface area contributed by atoms with E-state index in [-0.39, 0.29) is 29.6 Å². The molecule has 2 aromatic rings. The average molecular weight is 426 g/mol. The third-order valence-electron chi connectivity index (χ3n) is 6.27. The number of piperazine rings is 1. The molecule has 0 atom stereocenters. The first-order chi connectivity index (χ1) is 15.0. The lowest BCUT2D eigenvalue weighted by Crippen LogP contribution is -2.55. The maximum Gasteiger partial charge on any atom is 0.267 e. The Balaban J connectivity index is 1.48. The van der Waals surface area contributed by atoms with Crippen LogP contribution >= 0.6 is 0 Å². The molecule has 0 bridgehead atoms. The van der Waals surface area contributed by atoms with Crippen molar-refractivity contribution in [1.82, 2.24) is 20.0 Å². The Morgan fingerprint density at radius 3 is 2.68 bits per heavy atom. The summed E-state index contributed by atoms with van der Waals surface area (Å²) < 4.78 is 14.5. The van der Waals surface area contributed by atoms with Crippen molar-refractivity contribution in [3.8, 4) is 0 Å². The van der Waals surface area contributed by atoms with E-state index in [0.717, 1.165) is 25.7 Å². The van der Waals surface area contributed by atoms with Crippen LogP contribution in [0.15, 0.2) is 29.1 Å². The van der Waals surface area contributed by atoms with Crippen molar-refractivity contribution in [1.29, 1.82) is 0 Å². The zero-order valence-electron chi connectivity index (χ0n) is 17.7. The molecule has 164 valence electrons. The molecule has 0 spiro atoms. The van der Waals surface area contributed by atoms with Crippen molar-refractivity contribution >= 4 is 11.8 Å².